The second-order valence-electron chi connectivity index (χ2n) is 5.74. The standard InChI is InChI=1S/C20H24O3/c1-5-17(20(21)22-4)18-9-7-6-8-16(18)13-23-19-12-14(2)10-11-15(19)3/h6-12,17H,5,13H2,1-4H3. The zero-order valence-electron chi connectivity index (χ0n) is 14.3. The van der Waals surface area contributed by atoms with Gasteiger partial charge in [0.25, 0.3) is 0 Å². The lowest BCUT2D eigenvalue weighted by atomic mass is 9.92. The van der Waals surface area contributed by atoms with Crippen LogP contribution in [0.2, 0.25) is 0 Å². The van der Waals surface area contributed by atoms with Crippen molar-refractivity contribution in [1.29, 1.82) is 0 Å². The van der Waals surface area contributed by atoms with Crippen molar-refractivity contribution in [2.75, 3.05) is 7.11 Å². The van der Waals surface area contributed by atoms with Crippen LogP contribution in [0.3, 0.4) is 0 Å². The third-order valence-corrected chi connectivity index (χ3v) is 4.05. The fourth-order valence-electron chi connectivity index (χ4n) is 2.68. The Kier molecular flexibility index (Phi) is 5.80. The molecule has 2 aromatic rings. The molecule has 0 bridgehead atoms. The van der Waals surface area contributed by atoms with Crippen LogP contribution in [0, 0.1) is 13.8 Å². The lowest BCUT2D eigenvalue weighted by Gasteiger charge is -2.18. The molecule has 0 radical (unpaired) electrons. The Hall–Kier alpha value is -2.29. The van der Waals surface area contributed by atoms with E-state index in [1.54, 1.807) is 0 Å². The monoisotopic (exact) mass is 312 g/mol. The van der Waals surface area contributed by atoms with E-state index in [1.807, 2.05) is 51.1 Å². The molecule has 0 aliphatic heterocycles. The fourth-order valence-corrected chi connectivity index (χ4v) is 2.68. The fraction of sp³-hybridized carbons (Fsp3) is 0.350. The molecular formula is C20H24O3. The third kappa shape index (κ3) is 4.13. The van der Waals surface area contributed by atoms with Gasteiger partial charge in [0, 0.05) is 0 Å². The van der Waals surface area contributed by atoms with Gasteiger partial charge in [0.05, 0.1) is 13.0 Å². The molecule has 0 amide bonds. The van der Waals surface area contributed by atoms with Gasteiger partial charge in [-0.3, -0.25) is 4.79 Å². The van der Waals surface area contributed by atoms with E-state index in [0.717, 1.165) is 22.4 Å². The molecule has 0 spiro atoms. The molecule has 0 saturated carbocycles. The summed E-state index contributed by atoms with van der Waals surface area (Å²) in [7, 11) is 1.43. The minimum absolute atomic E-state index is 0.202. The number of methoxy groups -OCH3 is 1. The highest BCUT2D eigenvalue weighted by Gasteiger charge is 2.22. The number of esters is 1. The predicted molar refractivity (Wildman–Crippen MR) is 91.7 cm³/mol. The summed E-state index contributed by atoms with van der Waals surface area (Å²) in [6, 6.07) is 14.1. The van der Waals surface area contributed by atoms with E-state index < -0.39 is 0 Å². The van der Waals surface area contributed by atoms with E-state index >= 15 is 0 Å². The molecule has 3 heteroatoms. The Bertz CT molecular complexity index is 676. The van der Waals surface area contributed by atoms with E-state index in [1.165, 1.54) is 12.7 Å². The molecule has 2 rings (SSSR count). The highest BCUT2D eigenvalue weighted by atomic mass is 16.5. The van der Waals surface area contributed by atoms with E-state index in [0.29, 0.717) is 13.0 Å². The van der Waals surface area contributed by atoms with Gasteiger partial charge in [-0.25, -0.2) is 0 Å². The van der Waals surface area contributed by atoms with Crippen molar-refractivity contribution < 1.29 is 14.3 Å². The summed E-state index contributed by atoms with van der Waals surface area (Å²) in [5.41, 5.74) is 4.27. The first kappa shape index (κ1) is 17.1. The van der Waals surface area contributed by atoms with Crippen molar-refractivity contribution in [2.45, 2.75) is 39.7 Å². The van der Waals surface area contributed by atoms with Crippen LogP contribution in [0.15, 0.2) is 42.5 Å². The Morgan fingerprint density at radius 3 is 2.57 bits per heavy atom. The number of hydrogen-bond donors (Lipinski definition) is 0. The maximum atomic E-state index is 12.0. The second kappa shape index (κ2) is 7.82. The van der Waals surface area contributed by atoms with Crippen LogP contribution in [0.5, 0.6) is 5.75 Å². The Balaban J connectivity index is 2.23. The third-order valence-electron chi connectivity index (χ3n) is 4.05. The molecule has 0 heterocycles. The van der Waals surface area contributed by atoms with Crippen LogP contribution < -0.4 is 4.74 Å². The summed E-state index contributed by atoms with van der Waals surface area (Å²) >= 11 is 0. The zero-order chi connectivity index (χ0) is 16.8. The van der Waals surface area contributed by atoms with Gasteiger partial charge in [-0.15, -0.1) is 0 Å². The van der Waals surface area contributed by atoms with Crippen LogP contribution in [0.25, 0.3) is 0 Å². The van der Waals surface area contributed by atoms with Crippen molar-refractivity contribution in [1.82, 2.24) is 0 Å². The van der Waals surface area contributed by atoms with Gasteiger partial charge in [-0.05, 0) is 48.6 Å². The minimum Gasteiger partial charge on any atom is -0.489 e. The molecule has 0 aliphatic carbocycles. The van der Waals surface area contributed by atoms with Gasteiger partial charge < -0.3 is 9.47 Å². The number of rotatable bonds is 6. The maximum absolute atomic E-state index is 12.0. The van der Waals surface area contributed by atoms with Crippen molar-refractivity contribution in [2.24, 2.45) is 0 Å². The summed E-state index contributed by atoms with van der Waals surface area (Å²) in [4.78, 5) is 12.0. The number of benzene rings is 2. The molecule has 23 heavy (non-hydrogen) atoms. The first-order chi connectivity index (χ1) is 11.1. The van der Waals surface area contributed by atoms with Crippen molar-refractivity contribution in [3.63, 3.8) is 0 Å². The number of aryl methyl sites for hydroxylation is 2. The first-order valence-corrected chi connectivity index (χ1v) is 7.92. The highest BCUT2D eigenvalue weighted by Crippen LogP contribution is 2.27. The molecule has 2 aromatic carbocycles. The van der Waals surface area contributed by atoms with Gasteiger partial charge in [0.15, 0.2) is 0 Å². The molecule has 0 aromatic heterocycles. The molecular weight excluding hydrogens is 288 g/mol. The summed E-state index contributed by atoms with van der Waals surface area (Å²) in [6.45, 7) is 6.51. The number of carbonyl (C=O) groups is 1. The summed E-state index contributed by atoms with van der Waals surface area (Å²) in [5, 5.41) is 0. The number of hydrogen-bond acceptors (Lipinski definition) is 3. The van der Waals surface area contributed by atoms with Crippen molar-refractivity contribution in [3.05, 3.63) is 64.7 Å². The topological polar surface area (TPSA) is 35.5 Å². The Morgan fingerprint density at radius 2 is 1.87 bits per heavy atom. The van der Waals surface area contributed by atoms with Crippen LogP contribution in [-0.4, -0.2) is 13.1 Å². The van der Waals surface area contributed by atoms with Crippen LogP contribution in [0.4, 0.5) is 0 Å². The highest BCUT2D eigenvalue weighted by molar-refractivity contribution is 5.78. The van der Waals surface area contributed by atoms with Crippen molar-refractivity contribution >= 4 is 5.97 Å². The SMILES string of the molecule is CCC(C(=O)OC)c1ccccc1COc1cc(C)ccc1C. The Morgan fingerprint density at radius 1 is 1.13 bits per heavy atom. The number of ether oxygens (including phenoxy) is 2. The van der Waals surface area contributed by atoms with Gasteiger partial charge in [-0.2, -0.15) is 0 Å². The van der Waals surface area contributed by atoms with Crippen molar-refractivity contribution in [3.8, 4) is 5.75 Å². The van der Waals surface area contributed by atoms with Gasteiger partial charge in [0.1, 0.15) is 12.4 Å². The summed E-state index contributed by atoms with van der Waals surface area (Å²) in [5.74, 6) is 0.427. The average Bonchev–Trinajstić information content (AvgIpc) is 2.57. The maximum Gasteiger partial charge on any atom is 0.313 e. The van der Waals surface area contributed by atoms with E-state index in [2.05, 4.69) is 12.1 Å². The molecule has 1 unspecified atom stereocenters. The lowest BCUT2D eigenvalue weighted by molar-refractivity contribution is -0.142. The zero-order valence-corrected chi connectivity index (χ0v) is 14.3. The van der Waals surface area contributed by atoms with Crippen LogP contribution in [-0.2, 0) is 16.1 Å². The molecule has 0 fully saturated rings. The van der Waals surface area contributed by atoms with Crippen LogP contribution in [0.1, 0.15) is 41.5 Å². The second-order valence-corrected chi connectivity index (χ2v) is 5.74. The molecule has 0 N–H and O–H groups in total. The normalized spacial score (nSPS) is 11.8. The Labute approximate surface area is 138 Å². The summed E-state index contributed by atoms with van der Waals surface area (Å²) in [6.07, 6.45) is 0.702. The first-order valence-electron chi connectivity index (χ1n) is 7.92. The van der Waals surface area contributed by atoms with Gasteiger partial charge in [-0.1, -0.05) is 43.3 Å². The lowest BCUT2D eigenvalue weighted by Crippen LogP contribution is -2.16. The molecule has 3 nitrogen and oxygen atoms in total. The van der Waals surface area contributed by atoms with E-state index in [-0.39, 0.29) is 11.9 Å². The molecule has 0 aliphatic rings. The molecule has 0 saturated heterocycles. The predicted octanol–water partition coefficient (Wildman–Crippen LogP) is 4.55. The quantitative estimate of drug-likeness (QED) is 0.734. The average molecular weight is 312 g/mol. The number of carbonyl (C=O) groups excluding carboxylic acids is 1. The minimum atomic E-state index is -0.251. The molecule has 122 valence electrons. The van der Waals surface area contributed by atoms with Gasteiger partial charge >= 0.3 is 5.97 Å². The smallest absolute Gasteiger partial charge is 0.313 e. The van der Waals surface area contributed by atoms with Gasteiger partial charge in [0.2, 0.25) is 0 Å². The van der Waals surface area contributed by atoms with Crippen LogP contribution >= 0.6 is 0 Å². The summed E-state index contributed by atoms with van der Waals surface area (Å²) < 4.78 is 10.9. The molecule has 1 atom stereocenters. The van der Waals surface area contributed by atoms with E-state index in [4.69, 9.17) is 9.47 Å². The largest absolute Gasteiger partial charge is 0.489 e. The van der Waals surface area contributed by atoms with E-state index in [9.17, 15) is 4.79 Å².